The highest BCUT2D eigenvalue weighted by molar-refractivity contribution is 5.87. The Balaban J connectivity index is 2.17. The number of hydrogen-bond acceptors (Lipinski definition) is 3. The van der Waals surface area contributed by atoms with Gasteiger partial charge in [0.1, 0.15) is 6.61 Å². The van der Waals surface area contributed by atoms with Crippen molar-refractivity contribution in [3.05, 3.63) is 0 Å². The summed E-state index contributed by atoms with van der Waals surface area (Å²) < 4.78 is 33.1. The average molecular weight is 304 g/mol. The molecule has 2 saturated heterocycles. The Morgan fingerprint density at radius 1 is 1.33 bits per heavy atom. The van der Waals surface area contributed by atoms with Crippen LogP contribution in [0.1, 0.15) is 26.7 Å². The van der Waals surface area contributed by atoms with E-state index in [1.807, 2.05) is 6.92 Å². The molecule has 2 fully saturated rings. The molecule has 1 unspecified atom stereocenters. The van der Waals surface area contributed by atoms with E-state index in [4.69, 9.17) is 4.74 Å². The number of alkyl halides is 2. The van der Waals surface area contributed by atoms with Crippen LogP contribution >= 0.6 is 0 Å². The van der Waals surface area contributed by atoms with Gasteiger partial charge >= 0.3 is 0 Å². The van der Waals surface area contributed by atoms with Crippen LogP contribution in [0, 0.1) is 5.41 Å². The van der Waals surface area contributed by atoms with E-state index in [0.29, 0.717) is 26.1 Å². The summed E-state index contributed by atoms with van der Waals surface area (Å²) in [6, 6.07) is 0. The van der Waals surface area contributed by atoms with Crippen molar-refractivity contribution in [2.45, 2.75) is 32.6 Å². The van der Waals surface area contributed by atoms with Crippen molar-refractivity contribution in [1.29, 1.82) is 0 Å². The van der Waals surface area contributed by atoms with Crippen LogP contribution < -0.4 is 0 Å². The molecule has 120 valence electrons. The molecule has 2 heterocycles. The molecule has 0 saturated carbocycles. The summed E-state index contributed by atoms with van der Waals surface area (Å²) >= 11 is 0. The smallest absolute Gasteiger partial charge is 0.266 e. The second-order valence-electron chi connectivity index (χ2n) is 5.83. The quantitative estimate of drug-likeness (QED) is 0.782. The number of carbonyl (C=O) groups excluding carboxylic acids is 2. The molecule has 2 aliphatic heterocycles. The molecule has 7 heteroatoms. The van der Waals surface area contributed by atoms with Gasteiger partial charge in [-0.1, -0.05) is 0 Å². The summed E-state index contributed by atoms with van der Waals surface area (Å²) in [4.78, 5) is 27.1. The largest absolute Gasteiger partial charge is 0.372 e. The summed E-state index contributed by atoms with van der Waals surface area (Å²) in [7, 11) is 0. The van der Waals surface area contributed by atoms with Gasteiger partial charge in [0.05, 0.1) is 12.0 Å². The van der Waals surface area contributed by atoms with Crippen LogP contribution in [0.5, 0.6) is 0 Å². The molecule has 0 aromatic heterocycles. The molecular weight excluding hydrogens is 282 g/mol. The zero-order valence-corrected chi connectivity index (χ0v) is 12.5. The van der Waals surface area contributed by atoms with Crippen molar-refractivity contribution < 1.29 is 23.1 Å². The fraction of sp³-hybridized carbons (Fsp3) is 0.857. The Morgan fingerprint density at radius 3 is 2.62 bits per heavy atom. The minimum absolute atomic E-state index is 0.0732. The predicted molar refractivity (Wildman–Crippen MR) is 71.9 cm³/mol. The van der Waals surface area contributed by atoms with E-state index in [2.05, 4.69) is 0 Å². The van der Waals surface area contributed by atoms with Gasteiger partial charge in [0.2, 0.25) is 11.8 Å². The number of hydrogen-bond donors (Lipinski definition) is 0. The zero-order valence-electron chi connectivity index (χ0n) is 12.5. The normalized spacial score (nSPS) is 28.5. The lowest BCUT2D eigenvalue weighted by molar-refractivity contribution is -0.165. The van der Waals surface area contributed by atoms with Crippen LogP contribution in [-0.4, -0.2) is 66.9 Å². The lowest BCUT2D eigenvalue weighted by atomic mass is 9.77. The Morgan fingerprint density at radius 2 is 2.05 bits per heavy atom. The fourth-order valence-electron chi connectivity index (χ4n) is 3.27. The molecule has 21 heavy (non-hydrogen) atoms. The highest BCUT2D eigenvalue weighted by Crippen LogP contribution is 2.45. The third kappa shape index (κ3) is 3.17. The molecule has 1 atom stereocenters. The van der Waals surface area contributed by atoms with Crippen molar-refractivity contribution in [2.75, 3.05) is 39.4 Å². The summed E-state index contributed by atoms with van der Waals surface area (Å²) in [5.41, 5.74) is -1.13. The first-order valence-electron chi connectivity index (χ1n) is 7.36. The Kier molecular flexibility index (Phi) is 4.51. The first kappa shape index (κ1) is 16.1. The summed E-state index contributed by atoms with van der Waals surface area (Å²) in [6.45, 7) is 4.15. The van der Waals surface area contributed by atoms with Crippen LogP contribution in [-0.2, 0) is 14.3 Å². The molecule has 5 nitrogen and oxygen atoms in total. The Labute approximate surface area is 123 Å². The minimum Gasteiger partial charge on any atom is -0.372 e. The fourth-order valence-corrected chi connectivity index (χ4v) is 3.27. The van der Waals surface area contributed by atoms with Crippen LogP contribution in [0.15, 0.2) is 0 Å². The number of ether oxygens (including phenoxy) is 1. The molecule has 0 aliphatic carbocycles. The maximum absolute atomic E-state index is 14.0. The predicted octanol–water partition coefficient (Wildman–Crippen LogP) is 1.13. The molecule has 0 radical (unpaired) electrons. The minimum atomic E-state index is -3.03. The van der Waals surface area contributed by atoms with Gasteiger partial charge in [-0.3, -0.25) is 9.59 Å². The van der Waals surface area contributed by atoms with Crippen molar-refractivity contribution in [1.82, 2.24) is 9.80 Å². The van der Waals surface area contributed by atoms with E-state index in [9.17, 15) is 18.4 Å². The number of carbonyl (C=O) groups is 2. The van der Waals surface area contributed by atoms with Gasteiger partial charge in [0.15, 0.2) is 0 Å². The number of nitrogens with zero attached hydrogens (tertiary/aromatic N) is 2. The second-order valence-corrected chi connectivity index (χ2v) is 5.83. The summed E-state index contributed by atoms with van der Waals surface area (Å²) in [5, 5.41) is 0. The Hall–Kier alpha value is -1.24. The third-order valence-corrected chi connectivity index (χ3v) is 4.28. The van der Waals surface area contributed by atoms with Crippen LogP contribution in [0.25, 0.3) is 0 Å². The average Bonchev–Trinajstić information content (AvgIpc) is 2.70. The first-order chi connectivity index (χ1) is 9.83. The SMILES string of the molecule is CCOCC(=O)N1CC(F)(F)CC2(CCN(CC)C2=O)C1. The van der Waals surface area contributed by atoms with Crippen molar-refractivity contribution in [3.8, 4) is 0 Å². The summed E-state index contributed by atoms with van der Waals surface area (Å²) in [6.07, 6.45) is -0.0819. The van der Waals surface area contributed by atoms with Gasteiger partial charge in [-0.25, -0.2) is 8.78 Å². The topological polar surface area (TPSA) is 49.9 Å². The molecule has 0 aromatic carbocycles. The van der Waals surface area contributed by atoms with Crippen molar-refractivity contribution in [3.63, 3.8) is 0 Å². The van der Waals surface area contributed by atoms with E-state index in [1.165, 1.54) is 0 Å². The van der Waals surface area contributed by atoms with E-state index >= 15 is 0 Å². The van der Waals surface area contributed by atoms with E-state index in [-0.39, 0.29) is 19.1 Å². The third-order valence-electron chi connectivity index (χ3n) is 4.28. The molecule has 2 rings (SSSR count). The van der Waals surface area contributed by atoms with Gasteiger partial charge < -0.3 is 14.5 Å². The number of rotatable bonds is 4. The van der Waals surface area contributed by atoms with Gasteiger partial charge in [0, 0.05) is 32.7 Å². The highest BCUT2D eigenvalue weighted by Gasteiger charge is 2.57. The van der Waals surface area contributed by atoms with E-state index in [0.717, 1.165) is 4.90 Å². The number of halogens is 2. The molecule has 2 aliphatic rings. The standard InChI is InChI=1S/C14H22F2N2O3/c1-3-17-6-5-13(12(17)20)8-14(15,16)10-18(9-13)11(19)7-21-4-2/h3-10H2,1-2H3. The number of likely N-dealkylation sites (tertiary alicyclic amines) is 2. The van der Waals surface area contributed by atoms with Crippen molar-refractivity contribution in [2.24, 2.45) is 5.41 Å². The maximum atomic E-state index is 14.0. The molecule has 2 amide bonds. The maximum Gasteiger partial charge on any atom is 0.266 e. The summed E-state index contributed by atoms with van der Waals surface area (Å²) in [5.74, 6) is -3.75. The van der Waals surface area contributed by atoms with Crippen LogP contribution in [0.3, 0.4) is 0 Å². The molecule has 1 spiro atoms. The van der Waals surface area contributed by atoms with E-state index in [1.54, 1.807) is 11.8 Å². The van der Waals surface area contributed by atoms with Crippen LogP contribution in [0.4, 0.5) is 8.78 Å². The van der Waals surface area contributed by atoms with E-state index < -0.39 is 30.2 Å². The van der Waals surface area contributed by atoms with Gasteiger partial charge in [0.25, 0.3) is 5.92 Å². The Bertz CT molecular complexity index is 430. The first-order valence-corrected chi connectivity index (χ1v) is 7.36. The molecule has 0 N–H and O–H groups in total. The van der Waals surface area contributed by atoms with Crippen LogP contribution in [0.2, 0.25) is 0 Å². The van der Waals surface area contributed by atoms with Gasteiger partial charge in [-0.05, 0) is 20.3 Å². The van der Waals surface area contributed by atoms with Crippen molar-refractivity contribution >= 4 is 11.8 Å². The number of piperidine rings is 1. The lowest BCUT2D eigenvalue weighted by Crippen LogP contribution is -2.57. The number of amides is 2. The monoisotopic (exact) mass is 304 g/mol. The molecule has 0 bridgehead atoms. The molecule has 0 aromatic rings. The second kappa shape index (κ2) is 5.87. The highest BCUT2D eigenvalue weighted by atomic mass is 19.3. The lowest BCUT2D eigenvalue weighted by Gasteiger charge is -2.42. The van der Waals surface area contributed by atoms with Gasteiger partial charge in [-0.15, -0.1) is 0 Å². The molecular formula is C14H22F2N2O3. The zero-order chi connectivity index (χ0) is 15.7. The van der Waals surface area contributed by atoms with Gasteiger partial charge in [-0.2, -0.15) is 0 Å².